The first-order valence-corrected chi connectivity index (χ1v) is 21.4. The van der Waals surface area contributed by atoms with Crippen LogP contribution in [0.25, 0.3) is 0 Å². The molecule has 0 aliphatic carbocycles. The van der Waals surface area contributed by atoms with Crippen LogP contribution in [0, 0.1) is 17.8 Å². The van der Waals surface area contributed by atoms with E-state index in [1.54, 1.807) is 67.5 Å². The van der Waals surface area contributed by atoms with E-state index >= 15 is 0 Å². The zero-order chi connectivity index (χ0) is 44.9. The van der Waals surface area contributed by atoms with Gasteiger partial charge in [-0.05, 0) is 87.7 Å². The maximum absolute atomic E-state index is 14.3. The smallest absolute Gasteiger partial charge is 0.311 e. The minimum Gasteiger partial charge on any atom is -0.459 e. The van der Waals surface area contributed by atoms with Crippen LogP contribution in [0.15, 0.2) is 0 Å². The van der Waals surface area contributed by atoms with Gasteiger partial charge in [-0.1, -0.05) is 20.8 Å². The summed E-state index contributed by atoms with van der Waals surface area (Å²) in [5.41, 5.74) is -4.59. The quantitative estimate of drug-likeness (QED) is 0.158. The Labute approximate surface area is 352 Å². The van der Waals surface area contributed by atoms with Crippen LogP contribution in [-0.2, 0) is 38.0 Å². The summed E-state index contributed by atoms with van der Waals surface area (Å²) >= 11 is 0. The zero-order valence-corrected chi connectivity index (χ0v) is 38.1. The summed E-state index contributed by atoms with van der Waals surface area (Å²) in [5, 5.41) is 68.2. The molecule has 0 radical (unpaired) electrons. The van der Waals surface area contributed by atoms with Gasteiger partial charge in [0.2, 0.25) is 5.91 Å². The second-order valence-electron chi connectivity index (χ2n) is 18.7. The summed E-state index contributed by atoms with van der Waals surface area (Å²) in [7, 11) is 6.61. The highest BCUT2D eigenvalue weighted by atomic mass is 16.7. The summed E-state index contributed by atoms with van der Waals surface area (Å²) in [5.74, 6) is -3.17. The second-order valence-corrected chi connectivity index (χ2v) is 18.7. The minimum atomic E-state index is -1.84. The van der Waals surface area contributed by atoms with Crippen LogP contribution in [0.5, 0.6) is 0 Å². The topological polar surface area (TPSA) is 221 Å². The van der Waals surface area contributed by atoms with Crippen LogP contribution < -0.4 is 0 Å². The predicted octanol–water partition coefficient (Wildman–Crippen LogP) is 0.722. The summed E-state index contributed by atoms with van der Waals surface area (Å²) in [6, 6.07) is -1.31. The number of hydrogen-bond donors (Lipinski definition) is 6. The number of cyclic esters (lactones) is 1. The van der Waals surface area contributed by atoms with Gasteiger partial charge in [-0.25, -0.2) is 0 Å². The van der Waals surface area contributed by atoms with E-state index in [1.165, 1.54) is 18.9 Å². The molecule has 3 aliphatic rings. The second kappa shape index (κ2) is 21.2. The molecule has 3 heterocycles. The van der Waals surface area contributed by atoms with Crippen LogP contribution in [-0.4, -0.2) is 202 Å². The summed E-state index contributed by atoms with van der Waals surface area (Å²) in [4.78, 5) is 32.7. The van der Waals surface area contributed by atoms with Crippen LogP contribution >= 0.6 is 0 Å². The van der Waals surface area contributed by atoms with Crippen molar-refractivity contribution in [1.29, 1.82) is 0 Å². The molecule has 3 saturated heterocycles. The van der Waals surface area contributed by atoms with Crippen LogP contribution in [0.4, 0.5) is 0 Å². The molecule has 0 aromatic rings. The van der Waals surface area contributed by atoms with E-state index in [1.807, 2.05) is 25.8 Å². The zero-order valence-electron chi connectivity index (χ0n) is 38.1. The Morgan fingerprint density at radius 1 is 0.966 bits per heavy atom. The number of amides is 1. The van der Waals surface area contributed by atoms with Gasteiger partial charge >= 0.3 is 5.97 Å². The number of nitrogens with zero attached hydrogens (tertiary/aromatic N) is 3. The number of carbonyl (C=O) groups excluding carboxylic acids is 2. The molecule has 0 aromatic carbocycles. The van der Waals surface area contributed by atoms with Crippen molar-refractivity contribution in [2.24, 2.45) is 17.8 Å². The van der Waals surface area contributed by atoms with Crippen LogP contribution in [0.2, 0.25) is 0 Å². The number of likely N-dealkylation sites (N-methyl/N-ethyl adjacent to an activating group) is 3. The van der Waals surface area contributed by atoms with E-state index in [-0.39, 0.29) is 44.2 Å². The Morgan fingerprint density at radius 3 is 2.17 bits per heavy atom. The highest BCUT2D eigenvalue weighted by Gasteiger charge is 2.53. The Morgan fingerprint density at radius 2 is 1.59 bits per heavy atom. The van der Waals surface area contributed by atoms with Crippen molar-refractivity contribution >= 4 is 11.9 Å². The van der Waals surface area contributed by atoms with Crippen molar-refractivity contribution in [2.75, 3.05) is 54.5 Å². The number of ether oxygens (including phenoxy) is 6. The lowest BCUT2D eigenvalue weighted by atomic mass is 9.77. The van der Waals surface area contributed by atoms with Gasteiger partial charge < -0.3 is 68.9 Å². The van der Waals surface area contributed by atoms with Crippen molar-refractivity contribution in [1.82, 2.24) is 14.7 Å². The molecular formula is C42H79N3O14. The molecule has 1 amide bonds. The van der Waals surface area contributed by atoms with Gasteiger partial charge in [-0.2, -0.15) is 0 Å². The van der Waals surface area contributed by atoms with Gasteiger partial charge in [0.15, 0.2) is 12.6 Å². The highest BCUT2D eigenvalue weighted by Crippen LogP contribution is 2.40. The van der Waals surface area contributed by atoms with Gasteiger partial charge in [0.05, 0.1) is 60.7 Å². The predicted molar refractivity (Wildman–Crippen MR) is 218 cm³/mol. The number of aliphatic hydroxyl groups is 6. The van der Waals surface area contributed by atoms with Crippen LogP contribution in [0.3, 0.4) is 0 Å². The maximum atomic E-state index is 14.3. The maximum Gasteiger partial charge on any atom is 0.311 e. The molecule has 17 heteroatoms. The SMILES string of the molecule is CC[C@H]1OC(=O)[C@H](C)[C@@H](O[C@H]2C[C@@](C)(OC)[C@@H](O)[C@H](C)O2)[C@H](C)[C@@H](O[C@@H]2O[C@H](C)CC(N(C)C(=O)CN(C)CCO)[C@H]2O)[C@](C)(O)C[C@@H](C)CN(C)[C@H](C)[C@@H](O)[C@]1(C)O. The Hall–Kier alpha value is -1.58. The van der Waals surface area contributed by atoms with E-state index in [2.05, 4.69) is 0 Å². The monoisotopic (exact) mass is 850 g/mol. The fourth-order valence-corrected chi connectivity index (χ4v) is 9.38. The van der Waals surface area contributed by atoms with Gasteiger partial charge in [-0.3, -0.25) is 14.5 Å². The standard InChI is InChI=1S/C42H79N3O14/c1-15-30-42(10,53)35(49)27(6)44(12)21-23(2)19-40(8,52)37(59-39-33(48)29(18-24(3)55-39)45(13)31(47)22-43(11)16-17-46)25(4)34(26(5)38(51)57-30)58-32-20-41(9,54-14)36(50)28(7)56-32/h23-30,32-37,39,46,48-50,52-53H,15-22H2,1-14H3/t23-,24-,25+,26-,27-,28+,29?,30-,32+,33-,34+,35-,36+,37-,39+,40-,41-,42-/m1/s1. The van der Waals surface area contributed by atoms with Crippen LogP contribution in [0.1, 0.15) is 94.9 Å². The Kier molecular flexibility index (Phi) is 18.6. The number of esters is 1. The summed E-state index contributed by atoms with van der Waals surface area (Å²) in [6.07, 6.45) is -9.87. The molecule has 0 bridgehead atoms. The third kappa shape index (κ3) is 12.3. The van der Waals surface area contributed by atoms with Crippen molar-refractivity contribution in [2.45, 2.75) is 185 Å². The average Bonchev–Trinajstić information content (AvgIpc) is 3.15. The van der Waals surface area contributed by atoms with Gasteiger partial charge in [0.25, 0.3) is 0 Å². The third-order valence-corrected chi connectivity index (χ3v) is 13.3. The molecule has 17 nitrogen and oxygen atoms in total. The largest absolute Gasteiger partial charge is 0.459 e. The molecule has 346 valence electrons. The van der Waals surface area contributed by atoms with Gasteiger partial charge in [0, 0.05) is 45.6 Å². The number of hydrogen-bond acceptors (Lipinski definition) is 16. The lowest BCUT2D eigenvalue weighted by Crippen LogP contribution is -2.61. The van der Waals surface area contributed by atoms with Crippen molar-refractivity contribution in [3.63, 3.8) is 0 Å². The van der Waals surface area contributed by atoms with Crippen molar-refractivity contribution in [3.05, 3.63) is 0 Å². The molecule has 3 fully saturated rings. The number of aliphatic hydroxyl groups excluding tert-OH is 4. The van der Waals surface area contributed by atoms with E-state index in [0.29, 0.717) is 19.5 Å². The molecule has 0 spiro atoms. The van der Waals surface area contributed by atoms with E-state index in [0.717, 1.165) is 0 Å². The molecule has 3 rings (SSSR count). The molecule has 0 aromatic heterocycles. The molecule has 18 atom stereocenters. The number of carbonyl (C=O) groups is 2. The molecule has 6 N–H and O–H groups in total. The molecule has 3 aliphatic heterocycles. The molecule has 0 saturated carbocycles. The van der Waals surface area contributed by atoms with E-state index < -0.39 is 108 Å². The summed E-state index contributed by atoms with van der Waals surface area (Å²) in [6.45, 7) is 17.8. The highest BCUT2D eigenvalue weighted by molar-refractivity contribution is 5.78. The third-order valence-electron chi connectivity index (χ3n) is 13.3. The molecule has 1 unspecified atom stereocenters. The lowest BCUT2D eigenvalue weighted by Gasteiger charge is -2.49. The van der Waals surface area contributed by atoms with E-state index in [4.69, 9.17) is 28.4 Å². The Balaban J connectivity index is 2.16. The Bertz CT molecular complexity index is 1340. The fourth-order valence-electron chi connectivity index (χ4n) is 9.38. The van der Waals surface area contributed by atoms with Gasteiger partial charge in [0.1, 0.15) is 30.0 Å². The number of rotatable bonds is 11. The first-order chi connectivity index (χ1) is 27.3. The first-order valence-electron chi connectivity index (χ1n) is 21.4. The van der Waals surface area contributed by atoms with E-state index in [9.17, 15) is 40.2 Å². The molecule has 59 heavy (non-hydrogen) atoms. The molecular weight excluding hydrogens is 770 g/mol. The van der Waals surface area contributed by atoms with Crippen molar-refractivity contribution < 1.29 is 68.6 Å². The summed E-state index contributed by atoms with van der Waals surface area (Å²) < 4.78 is 37.7. The van der Waals surface area contributed by atoms with Gasteiger partial charge in [-0.15, -0.1) is 0 Å². The van der Waals surface area contributed by atoms with Crippen molar-refractivity contribution in [3.8, 4) is 0 Å². The average molecular weight is 850 g/mol. The normalized spacial score (nSPS) is 45.0. The first kappa shape index (κ1) is 51.8. The fraction of sp³-hybridized carbons (Fsp3) is 0.952. The lowest BCUT2D eigenvalue weighted by molar-refractivity contribution is -0.317. The number of methoxy groups -OCH3 is 1. The minimum absolute atomic E-state index is 0.0136.